The predicted octanol–water partition coefficient (Wildman–Crippen LogP) is 3.21. The maximum atomic E-state index is 12.4. The maximum absolute atomic E-state index is 12.4. The molecule has 0 fully saturated rings. The summed E-state index contributed by atoms with van der Waals surface area (Å²) in [5.74, 6) is 0. The first kappa shape index (κ1) is 13.0. The Morgan fingerprint density at radius 3 is 2.00 bits per heavy atom. The van der Waals surface area contributed by atoms with E-state index in [1.54, 1.807) is 12.1 Å². The van der Waals surface area contributed by atoms with E-state index in [1.165, 1.54) is 0 Å². The van der Waals surface area contributed by atoms with E-state index in [0.29, 0.717) is 3.07 Å². The van der Waals surface area contributed by atoms with Crippen molar-refractivity contribution in [1.82, 2.24) is 0 Å². The van der Waals surface area contributed by atoms with Gasteiger partial charge in [-0.3, -0.25) is 0 Å². The van der Waals surface area contributed by atoms with Gasteiger partial charge in [-0.1, -0.05) is 0 Å². The van der Waals surface area contributed by atoms with E-state index >= 15 is 0 Å². The third-order valence-corrected chi connectivity index (χ3v) is 7.65. The first-order valence-corrected chi connectivity index (χ1v) is 10.3. The summed E-state index contributed by atoms with van der Waals surface area (Å²) in [6.07, 6.45) is 0. The van der Waals surface area contributed by atoms with Gasteiger partial charge in [0.15, 0.2) is 0 Å². The molecule has 1 aromatic carbocycles. The van der Waals surface area contributed by atoms with E-state index in [2.05, 4.69) is 0 Å². The van der Waals surface area contributed by atoms with Gasteiger partial charge in [-0.15, -0.1) is 0 Å². The molecular formula is C11H13F3Hg. The Hall–Kier alpha value is -0.0549. The van der Waals surface area contributed by atoms with Gasteiger partial charge >= 0.3 is 101 Å². The average molecular weight is 403 g/mol. The molecule has 15 heavy (non-hydrogen) atoms. The Bertz CT molecular complexity index is 336. The summed E-state index contributed by atoms with van der Waals surface area (Å²) >= 11 is -2.98. The van der Waals surface area contributed by atoms with Crippen molar-refractivity contribution in [1.29, 1.82) is 0 Å². The van der Waals surface area contributed by atoms with Crippen LogP contribution in [0.1, 0.15) is 26.3 Å². The van der Waals surface area contributed by atoms with Crippen molar-refractivity contribution < 1.29 is 37.7 Å². The number of alkyl halides is 3. The Morgan fingerprint density at radius 2 is 1.53 bits per heavy atom. The molecule has 0 radical (unpaired) electrons. The van der Waals surface area contributed by atoms with Crippen LogP contribution in [0.2, 0.25) is 0 Å². The quantitative estimate of drug-likeness (QED) is 0.633. The second-order valence-electron chi connectivity index (χ2n) is 4.70. The molecule has 0 aliphatic rings. The summed E-state index contributed by atoms with van der Waals surface area (Å²) in [5, 5.41) is 0. The van der Waals surface area contributed by atoms with Crippen LogP contribution < -0.4 is 3.07 Å². The fraction of sp³-hybridized carbons (Fsp3) is 0.455. The van der Waals surface area contributed by atoms with Gasteiger partial charge in [0.05, 0.1) is 0 Å². The fourth-order valence-corrected chi connectivity index (χ4v) is 7.55. The second kappa shape index (κ2) is 4.44. The third kappa shape index (κ3) is 4.13. The number of hydrogen-bond acceptors (Lipinski definition) is 0. The van der Waals surface area contributed by atoms with Gasteiger partial charge in [-0.05, 0) is 0 Å². The molecule has 1 aromatic rings. The summed E-state index contributed by atoms with van der Waals surface area (Å²) in [6, 6.07) is 6.99. The van der Waals surface area contributed by atoms with E-state index < -0.39 is 28.3 Å². The SMILES string of the molecule is CC(C)(C)c1cccc[c]1[Hg][C](F)(F)F. The standard InChI is InChI=1S/C10H13.CF3.Hg/c1-10(2,3)9-7-5-4-6-8-9;2-1(3)4;/h4-7H,1-3H3;;. The molecule has 0 heterocycles. The molecule has 4 heteroatoms. The molecule has 0 spiro atoms. The van der Waals surface area contributed by atoms with Crippen LogP contribution in [-0.4, -0.2) is 3.69 Å². The molecule has 0 nitrogen and oxygen atoms in total. The van der Waals surface area contributed by atoms with Crippen LogP contribution in [0.15, 0.2) is 24.3 Å². The predicted molar refractivity (Wildman–Crippen MR) is 50.8 cm³/mol. The van der Waals surface area contributed by atoms with Gasteiger partial charge in [-0.2, -0.15) is 0 Å². The molecule has 0 bridgehead atoms. The van der Waals surface area contributed by atoms with E-state index in [4.69, 9.17) is 0 Å². The minimum atomic E-state index is -3.92. The van der Waals surface area contributed by atoms with Crippen LogP contribution in [0.3, 0.4) is 0 Å². The zero-order chi connectivity index (χ0) is 11.7. The van der Waals surface area contributed by atoms with Gasteiger partial charge in [0.25, 0.3) is 0 Å². The summed E-state index contributed by atoms with van der Waals surface area (Å²) in [6.45, 7) is 5.86. The molecule has 0 saturated heterocycles. The topological polar surface area (TPSA) is 0 Å². The van der Waals surface area contributed by atoms with Crippen molar-refractivity contribution in [3.8, 4) is 0 Å². The fourth-order valence-electron chi connectivity index (χ4n) is 1.62. The van der Waals surface area contributed by atoms with Gasteiger partial charge in [0.2, 0.25) is 0 Å². The Balaban J connectivity index is 3.08. The van der Waals surface area contributed by atoms with E-state index in [9.17, 15) is 13.2 Å². The van der Waals surface area contributed by atoms with E-state index in [-0.39, 0.29) is 5.41 Å². The minimum absolute atomic E-state index is 0.193. The summed E-state index contributed by atoms with van der Waals surface area (Å²) in [5.41, 5.74) is 0.672. The van der Waals surface area contributed by atoms with Crippen molar-refractivity contribution >= 4 is 3.07 Å². The third-order valence-electron chi connectivity index (χ3n) is 2.22. The van der Waals surface area contributed by atoms with Gasteiger partial charge < -0.3 is 0 Å². The molecule has 0 unspecified atom stereocenters. The molecule has 0 N–H and O–H groups in total. The number of benzene rings is 1. The molecule has 0 aromatic heterocycles. The van der Waals surface area contributed by atoms with Gasteiger partial charge in [0, 0.05) is 0 Å². The number of rotatable bonds is 1. The summed E-state index contributed by atoms with van der Waals surface area (Å²) in [7, 11) is 0. The molecule has 0 atom stereocenters. The number of hydrogen-bond donors (Lipinski definition) is 0. The first-order valence-electron chi connectivity index (χ1n) is 4.85. The Labute approximate surface area is 100 Å². The molecule has 1 rings (SSSR count). The Morgan fingerprint density at radius 1 is 1.00 bits per heavy atom. The van der Waals surface area contributed by atoms with Crippen LogP contribution >= 0.6 is 0 Å². The second-order valence-corrected chi connectivity index (χ2v) is 12.2. The molecular weight excluding hydrogens is 390 g/mol. The Kier molecular flexibility index (Phi) is 3.85. The molecule has 0 saturated carbocycles. The monoisotopic (exact) mass is 404 g/mol. The van der Waals surface area contributed by atoms with Crippen LogP contribution in [0.4, 0.5) is 13.2 Å². The summed E-state index contributed by atoms with van der Waals surface area (Å²) < 4.78 is 33.9. The zero-order valence-corrected chi connectivity index (χ0v) is 14.6. The molecule has 0 aliphatic heterocycles. The van der Waals surface area contributed by atoms with Crippen molar-refractivity contribution in [2.75, 3.05) is 0 Å². The van der Waals surface area contributed by atoms with Crippen LogP contribution in [0.5, 0.6) is 0 Å². The normalized spacial score (nSPS) is 12.4. The van der Waals surface area contributed by atoms with Crippen LogP contribution in [0.25, 0.3) is 0 Å². The average Bonchev–Trinajstić information content (AvgIpc) is 1.99. The van der Waals surface area contributed by atoms with Crippen molar-refractivity contribution in [3.63, 3.8) is 0 Å². The van der Waals surface area contributed by atoms with Crippen LogP contribution in [0, 0.1) is 0 Å². The van der Waals surface area contributed by atoms with Crippen molar-refractivity contribution in [2.24, 2.45) is 0 Å². The summed E-state index contributed by atoms with van der Waals surface area (Å²) in [4.78, 5) is 0. The van der Waals surface area contributed by atoms with E-state index in [1.807, 2.05) is 32.9 Å². The zero-order valence-electron chi connectivity index (χ0n) is 9.15. The first-order chi connectivity index (χ1) is 6.70. The number of halogens is 3. The van der Waals surface area contributed by atoms with Gasteiger partial charge in [0.1, 0.15) is 0 Å². The van der Waals surface area contributed by atoms with Crippen molar-refractivity contribution in [3.05, 3.63) is 29.8 Å². The van der Waals surface area contributed by atoms with Crippen LogP contribution in [-0.2, 0) is 30.0 Å². The van der Waals surface area contributed by atoms with Crippen molar-refractivity contribution in [2.45, 2.75) is 29.9 Å². The van der Waals surface area contributed by atoms with Gasteiger partial charge in [-0.25, -0.2) is 0 Å². The molecule has 0 amide bonds. The molecule has 80 valence electrons. The van der Waals surface area contributed by atoms with E-state index in [0.717, 1.165) is 5.56 Å². The molecule has 0 aliphatic carbocycles.